The third kappa shape index (κ3) is 3.30. The number of hydrogen-bond acceptors (Lipinski definition) is 2. The lowest BCUT2D eigenvalue weighted by Gasteiger charge is -2.09. The number of alkyl halides is 2. The van der Waals surface area contributed by atoms with Crippen molar-refractivity contribution in [1.82, 2.24) is 15.1 Å². The summed E-state index contributed by atoms with van der Waals surface area (Å²) in [6, 6.07) is 7.07. The van der Waals surface area contributed by atoms with E-state index in [4.69, 9.17) is 11.6 Å². The van der Waals surface area contributed by atoms with E-state index >= 15 is 0 Å². The highest BCUT2D eigenvalue weighted by Crippen LogP contribution is 2.24. The summed E-state index contributed by atoms with van der Waals surface area (Å²) in [6.45, 7) is 0.681. The number of nitrogens with zero attached hydrogens (tertiary/aromatic N) is 2. The van der Waals surface area contributed by atoms with Crippen LogP contribution >= 0.6 is 11.6 Å². The quantitative estimate of drug-likeness (QED) is 0.914. The fourth-order valence-corrected chi connectivity index (χ4v) is 2.03. The highest BCUT2D eigenvalue weighted by molar-refractivity contribution is 6.30. The molecule has 6 heteroatoms. The minimum Gasteiger partial charge on any atom is -0.316 e. The van der Waals surface area contributed by atoms with Gasteiger partial charge in [-0.25, -0.2) is 8.78 Å². The average molecular weight is 286 g/mol. The molecule has 0 amide bonds. The average Bonchev–Trinajstić information content (AvgIpc) is 2.76. The van der Waals surface area contributed by atoms with Crippen LogP contribution in [0.5, 0.6) is 0 Å². The second-order valence-corrected chi connectivity index (χ2v) is 4.61. The molecule has 0 atom stereocenters. The highest BCUT2D eigenvalue weighted by atomic mass is 35.5. The zero-order valence-electron chi connectivity index (χ0n) is 10.4. The summed E-state index contributed by atoms with van der Waals surface area (Å²) in [7, 11) is 1.71. The van der Waals surface area contributed by atoms with E-state index in [2.05, 4.69) is 10.4 Å². The van der Waals surface area contributed by atoms with Crippen LogP contribution in [0.1, 0.15) is 23.2 Å². The molecule has 0 radical (unpaired) electrons. The lowest BCUT2D eigenvalue weighted by molar-refractivity contribution is 0.138. The summed E-state index contributed by atoms with van der Waals surface area (Å²) in [5.74, 6) is 0. The second-order valence-electron chi connectivity index (χ2n) is 4.17. The summed E-state index contributed by atoms with van der Waals surface area (Å²) in [6.07, 6.45) is -1.06. The molecule has 3 nitrogen and oxygen atoms in total. The normalized spacial score (nSPS) is 11.2. The minimum absolute atomic E-state index is 0.0377. The van der Waals surface area contributed by atoms with Gasteiger partial charge in [-0.3, -0.25) is 4.68 Å². The zero-order valence-corrected chi connectivity index (χ0v) is 11.2. The molecule has 2 aromatic rings. The number of rotatable bonds is 5. The Balaban J connectivity index is 2.26. The van der Waals surface area contributed by atoms with Crippen LogP contribution < -0.4 is 5.32 Å². The fourth-order valence-electron chi connectivity index (χ4n) is 1.90. The maximum absolute atomic E-state index is 13.1. The maximum Gasteiger partial charge on any atom is 0.280 e. The Labute approximate surface area is 115 Å². The molecule has 2 rings (SSSR count). The number of hydrogen-bond donors (Lipinski definition) is 1. The molecule has 19 heavy (non-hydrogen) atoms. The van der Waals surface area contributed by atoms with Crippen molar-refractivity contribution in [2.45, 2.75) is 19.5 Å². The number of benzene rings is 1. The Morgan fingerprint density at radius 3 is 2.58 bits per heavy atom. The van der Waals surface area contributed by atoms with Crippen LogP contribution in [0.2, 0.25) is 5.02 Å². The third-order valence-corrected chi connectivity index (χ3v) is 3.03. The molecule has 1 aromatic carbocycles. The van der Waals surface area contributed by atoms with Gasteiger partial charge in [0.1, 0.15) is 5.69 Å². The molecule has 0 bridgehead atoms. The molecule has 0 aliphatic heterocycles. The molecular formula is C13H14ClF2N3. The van der Waals surface area contributed by atoms with Gasteiger partial charge in [0.15, 0.2) is 0 Å². The molecular weight excluding hydrogens is 272 g/mol. The summed E-state index contributed by atoms with van der Waals surface area (Å²) in [5, 5.41) is 7.52. The van der Waals surface area contributed by atoms with Gasteiger partial charge in [0.2, 0.25) is 0 Å². The van der Waals surface area contributed by atoms with E-state index in [0.29, 0.717) is 23.7 Å². The topological polar surface area (TPSA) is 29.9 Å². The summed E-state index contributed by atoms with van der Waals surface area (Å²) < 4.78 is 27.5. The van der Waals surface area contributed by atoms with Crippen LogP contribution in [0.15, 0.2) is 30.5 Å². The van der Waals surface area contributed by atoms with Gasteiger partial charge in [0.25, 0.3) is 6.43 Å². The SMILES string of the molecule is CNCc1cnn(Cc2ccc(Cl)cc2)c1C(F)F. The Morgan fingerprint density at radius 1 is 1.32 bits per heavy atom. The molecule has 1 heterocycles. The lowest BCUT2D eigenvalue weighted by atomic mass is 10.2. The monoisotopic (exact) mass is 285 g/mol. The zero-order chi connectivity index (χ0) is 13.8. The molecule has 0 aliphatic rings. The van der Waals surface area contributed by atoms with Crippen molar-refractivity contribution >= 4 is 11.6 Å². The van der Waals surface area contributed by atoms with Crippen LogP contribution in [-0.4, -0.2) is 16.8 Å². The molecule has 0 fully saturated rings. The van der Waals surface area contributed by atoms with Crippen molar-refractivity contribution in [2.24, 2.45) is 0 Å². The van der Waals surface area contributed by atoms with Crippen molar-refractivity contribution in [3.05, 3.63) is 52.3 Å². The molecule has 102 valence electrons. The van der Waals surface area contributed by atoms with E-state index in [0.717, 1.165) is 5.56 Å². The van der Waals surface area contributed by atoms with Gasteiger partial charge >= 0.3 is 0 Å². The standard InChI is InChI=1S/C13H14ClF2N3/c1-17-6-10-7-18-19(12(10)13(15)16)8-9-2-4-11(14)5-3-9/h2-5,7,13,17H,6,8H2,1H3. The third-order valence-electron chi connectivity index (χ3n) is 2.78. The van der Waals surface area contributed by atoms with E-state index in [9.17, 15) is 8.78 Å². The molecule has 0 aliphatic carbocycles. The predicted molar refractivity (Wildman–Crippen MR) is 70.5 cm³/mol. The first-order chi connectivity index (χ1) is 9.11. The van der Waals surface area contributed by atoms with E-state index in [-0.39, 0.29) is 5.69 Å². The van der Waals surface area contributed by atoms with Crippen LogP contribution in [0.3, 0.4) is 0 Å². The first-order valence-corrected chi connectivity index (χ1v) is 6.21. The largest absolute Gasteiger partial charge is 0.316 e. The van der Waals surface area contributed by atoms with Gasteiger partial charge in [-0.15, -0.1) is 0 Å². The molecule has 0 spiro atoms. The Hall–Kier alpha value is -1.46. The van der Waals surface area contributed by atoms with Gasteiger partial charge in [0, 0.05) is 17.1 Å². The van der Waals surface area contributed by atoms with Crippen LogP contribution in [-0.2, 0) is 13.1 Å². The van der Waals surface area contributed by atoms with Crippen LogP contribution in [0, 0.1) is 0 Å². The van der Waals surface area contributed by atoms with Gasteiger partial charge in [0.05, 0.1) is 12.7 Å². The van der Waals surface area contributed by atoms with Crippen molar-refractivity contribution in [2.75, 3.05) is 7.05 Å². The van der Waals surface area contributed by atoms with E-state index < -0.39 is 6.43 Å². The fraction of sp³-hybridized carbons (Fsp3) is 0.308. The summed E-state index contributed by atoms with van der Waals surface area (Å²) in [5.41, 5.74) is 1.36. The van der Waals surface area contributed by atoms with Crippen molar-refractivity contribution in [3.8, 4) is 0 Å². The van der Waals surface area contributed by atoms with Crippen molar-refractivity contribution in [1.29, 1.82) is 0 Å². The van der Waals surface area contributed by atoms with Crippen molar-refractivity contribution in [3.63, 3.8) is 0 Å². The molecule has 0 unspecified atom stereocenters. The lowest BCUT2D eigenvalue weighted by Crippen LogP contribution is -2.11. The van der Waals surface area contributed by atoms with E-state index in [1.807, 2.05) is 0 Å². The van der Waals surface area contributed by atoms with E-state index in [1.54, 1.807) is 31.3 Å². The van der Waals surface area contributed by atoms with Gasteiger partial charge in [-0.2, -0.15) is 5.10 Å². The van der Waals surface area contributed by atoms with Gasteiger partial charge < -0.3 is 5.32 Å². The number of halogens is 3. The summed E-state index contributed by atoms with van der Waals surface area (Å²) >= 11 is 5.79. The Kier molecular flexibility index (Phi) is 4.50. The van der Waals surface area contributed by atoms with Crippen LogP contribution in [0.4, 0.5) is 8.78 Å². The first-order valence-electron chi connectivity index (χ1n) is 5.83. The number of aromatic nitrogens is 2. The summed E-state index contributed by atoms with van der Waals surface area (Å²) in [4.78, 5) is 0. The molecule has 0 saturated heterocycles. The van der Waals surface area contributed by atoms with E-state index in [1.165, 1.54) is 10.9 Å². The molecule has 1 aromatic heterocycles. The first kappa shape index (κ1) is 14.0. The minimum atomic E-state index is -2.54. The number of nitrogens with one attached hydrogen (secondary N) is 1. The molecule has 1 N–H and O–H groups in total. The molecule has 0 saturated carbocycles. The predicted octanol–water partition coefficient (Wildman–Crippen LogP) is 3.24. The smallest absolute Gasteiger partial charge is 0.280 e. The Morgan fingerprint density at radius 2 is 2.00 bits per heavy atom. The highest BCUT2D eigenvalue weighted by Gasteiger charge is 2.19. The maximum atomic E-state index is 13.1. The van der Waals surface area contributed by atoms with Gasteiger partial charge in [-0.05, 0) is 24.7 Å². The van der Waals surface area contributed by atoms with Gasteiger partial charge in [-0.1, -0.05) is 23.7 Å². The van der Waals surface area contributed by atoms with Crippen LogP contribution in [0.25, 0.3) is 0 Å². The Bertz CT molecular complexity index is 537. The van der Waals surface area contributed by atoms with Crippen molar-refractivity contribution < 1.29 is 8.78 Å². The second kappa shape index (κ2) is 6.12.